The highest BCUT2D eigenvalue weighted by molar-refractivity contribution is 5.77. The molecule has 0 saturated carbocycles. The maximum atomic E-state index is 6.08. The molecule has 1 aromatic carbocycles. The second kappa shape index (κ2) is 7.90. The number of ether oxygens (including phenoxy) is 2. The van der Waals surface area contributed by atoms with Crippen molar-refractivity contribution in [3.05, 3.63) is 54.4 Å². The highest BCUT2D eigenvalue weighted by atomic mass is 16.5. The third-order valence-electron chi connectivity index (χ3n) is 4.76. The van der Waals surface area contributed by atoms with E-state index < -0.39 is 0 Å². The van der Waals surface area contributed by atoms with Crippen LogP contribution in [0.3, 0.4) is 0 Å². The van der Waals surface area contributed by atoms with Crippen LogP contribution in [0.5, 0.6) is 11.5 Å². The molecule has 154 valence electrons. The first-order valence-electron chi connectivity index (χ1n) is 9.61. The van der Waals surface area contributed by atoms with Crippen LogP contribution in [0, 0.1) is 6.92 Å². The summed E-state index contributed by atoms with van der Waals surface area (Å²) in [5.41, 5.74) is 14.8. The van der Waals surface area contributed by atoms with Gasteiger partial charge in [-0.1, -0.05) is 6.07 Å². The maximum Gasteiger partial charge on any atom is 0.160 e. The molecule has 1 atom stereocenters. The van der Waals surface area contributed by atoms with Crippen molar-refractivity contribution >= 4 is 22.8 Å². The Bertz CT molecular complexity index is 1180. The standard InChI is InChI=1S/C22H24N6O2/c1-13(30-17-6-4-5-16(11-17)29-3)12-28-14(2)25-19-8-7-18(26-22(19)28)15-9-20(23)27-21(24)10-15/h4-11,13H,12H2,1-3H3,(H4,23,24,27)/t13-/m0/s1. The number of pyridine rings is 2. The quantitative estimate of drug-likeness (QED) is 0.506. The van der Waals surface area contributed by atoms with Gasteiger partial charge in [-0.2, -0.15) is 0 Å². The molecule has 4 rings (SSSR count). The van der Waals surface area contributed by atoms with Gasteiger partial charge in [0.1, 0.15) is 40.6 Å². The zero-order valence-electron chi connectivity index (χ0n) is 17.2. The minimum absolute atomic E-state index is 0.106. The minimum Gasteiger partial charge on any atom is -0.497 e. The third kappa shape index (κ3) is 3.98. The lowest BCUT2D eigenvalue weighted by Gasteiger charge is -2.17. The summed E-state index contributed by atoms with van der Waals surface area (Å²) in [6.07, 6.45) is -0.106. The van der Waals surface area contributed by atoms with E-state index in [0.29, 0.717) is 18.2 Å². The van der Waals surface area contributed by atoms with Crippen molar-refractivity contribution in [3.63, 3.8) is 0 Å². The van der Waals surface area contributed by atoms with Crippen LogP contribution in [0.25, 0.3) is 22.4 Å². The lowest BCUT2D eigenvalue weighted by Crippen LogP contribution is -2.20. The zero-order valence-corrected chi connectivity index (χ0v) is 17.2. The summed E-state index contributed by atoms with van der Waals surface area (Å²) >= 11 is 0. The van der Waals surface area contributed by atoms with Gasteiger partial charge < -0.3 is 25.5 Å². The number of nitrogens with zero attached hydrogens (tertiary/aromatic N) is 4. The monoisotopic (exact) mass is 404 g/mol. The first kappa shape index (κ1) is 19.5. The van der Waals surface area contributed by atoms with E-state index in [-0.39, 0.29) is 6.10 Å². The molecule has 0 bridgehead atoms. The van der Waals surface area contributed by atoms with Crippen LogP contribution in [-0.2, 0) is 6.54 Å². The second-order valence-electron chi connectivity index (χ2n) is 7.12. The van der Waals surface area contributed by atoms with Gasteiger partial charge in [-0.3, -0.25) is 0 Å². The van der Waals surface area contributed by atoms with Crippen LogP contribution in [0.4, 0.5) is 11.6 Å². The van der Waals surface area contributed by atoms with Crippen LogP contribution >= 0.6 is 0 Å². The Morgan fingerprint density at radius 2 is 1.70 bits per heavy atom. The normalized spacial score (nSPS) is 12.1. The summed E-state index contributed by atoms with van der Waals surface area (Å²) < 4.78 is 13.4. The number of fused-ring (bicyclic) bond motifs is 1. The summed E-state index contributed by atoms with van der Waals surface area (Å²) in [7, 11) is 1.64. The number of imidazole rings is 1. The van der Waals surface area contributed by atoms with Crippen LogP contribution in [0.15, 0.2) is 48.5 Å². The molecule has 0 unspecified atom stereocenters. The van der Waals surface area contributed by atoms with Gasteiger partial charge in [0, 0.05) is 11.6 Å². The van der Waals surface area contributed by atoms with Crippen LogP contribution in [0.1, 0.15) is 12.7 Å². The van der Waals surface area contributed by atoms with Gasteiger partial charge in [0.15, 0.2) is 5.65 Å². The number of aryl methyl sites for hydroxylation is 1. The van der Waals surface area contributed by atoms with Crippen molar-refractivity contribution in [1.82, 2.24) is 19.5 Å². The van der Waals surface area contributed by atoms with Gasteiger partial charge in [0.05, 0.1) is 19.3 Å². The topological polar surface area (TPSA) is 114 Å². The molecule has 0 radical (unpaired) electrons. The van der Waals surface area contributed by atoms with E-state index >= 15 is 0 Å². The van der Waals surface area contributed by atoms with E-state index in [9.17, 15) is 0 Å². The average Bonchev–Trinajstić information content (AvgIpc) is 3.02. The molecular formula is C22H24N6O2. The Kier molecular flexibility index (Phi) is 5.14. The van der Waals surface area contributed by atoms with E-state index in [2.05, 4.69) is 14.5 Å². The highest BCUT2D eigenvalue weighted by Gasteiger charge is 2.15. The molecule has 4 aromatic rings. The number of nitrogen functional groups attached to an aromatic ring is 2. The SMILES string of the molecule is COc1cccc(O[C@@H](C)Cn2c(C)nc3ccc(-c4cc(N)nc(N)c4)nc32)c1. The number of hydrogen-bond acceptors (Lipinski definition) is 7. The van der Waals surface area contributed by atoms with E-state index in [1.165, 1.54) is 0 Å². The largest absolute Gasteiger partial charge is 0.497 e. The summed E-state index contributed by atoms with van der Waals surface area (Å²) in [6, 6.07) is 14.9. The lowest BCUT2D eigenvalue weighted by molar-refractivity contribution is 0.199. The van der Waals surface area contributed by atoms with Crippen molar-refractivity contribution in [3.8, 4) is 22.8 Å². The number of anilines is 2. The summed E-state index contributed by atoms with van der Waals surface area (Å²) in [5.74, 6) is 3.09. The van der Waals surface area contributed by atoms with Crippen molar-refractivity contribution < 1.29 is 9.47 Å². The van der Waals surface area contributed by atoms with Crippen LogP contribution in [0.2, 0.25) is 0 Å². The summed E-state index contributed by atoms with van der Waals surface area (Å²) in [4.78, 5) is 13.5. The Morgan fingerprint density at radius 1 is 0.967 bits per heavy atom. The number of aromatic nitrogens is 4. The van der Waals surface area contributed by atoms with Gasteiger partial charge in [0.25, 0.3) is 0 Å². The second-order valence-corrected chi connectivity index (χ2v) is 7.12. The van der Waals surface area contributed by atoms with Gasteiger partial charge in [-0.15, -0.1) is 0 Å². The average molecular weight is 404 g/mol. The van der Waals surface area contributed by atoms with Crippen molar-refractivity contribution in [2.24, 2.45) is 0 Å². The maximum absolute atomic E-state index is 6.08. The molecule has 0 aliphatic heterocycles. The fourth-order valence-electron chi connectivity index (χ4n) is 3.42. The van der Waals surface area contributed by atoms with Crippen molar-refractivity contribution in [2.75, 3.05) is 18.6 Å². The predicted octanol–water partition coefficient (Wildman–Crippen LogP) is 3.44. The molecule has 8 nitrogen and oxygen atoms in total. The molecule has 8 heteroatoms. The molecule has 0 spiro atoms. The molecule has 3 aromatic heterocycles. The first-order chi connectivity index (χ1) is 14.4. The van der Waals surface area contributed by atoms with E-state index in [1.54, 1.807) is 19.2 Å². The number of methoxy groups -OCH3 is 1. The Labute approximate surface area is 174 Å². The fraction of sp³-hybridized carbons (Fsp3) is 0.227. The smallest absolute Gasteiger partial charge is 0.160 e. The Morgan fingerprint density at radius 3 is 2.43 bits per heavy atom. The number of nitrogens with two attached hydrogens (primary N) is 2. The van der Waals surface area contributed by atoms with Crippen molar-refractivity contribution in [2.45, 2.75) is 26.5 Å². The molecule has 30 heavy (non-hydrogen) atoms. The molecule has 0 amide bonds. The van der Waals surface area contributed by atoms with Crippen LogP contribution in [-0.4, -0.2) is 32.7 Å². The van der Waals surface area contributed by atoms with E-state index in [1.807, 2.05) is 50.2 Å². The lowest BCUT2D eigenvalue weighted by atomic mass is 10.1. The van der Waals surface area contributed by atoms with E-state index in [4.69, 9.17) is 25.9 Å². The molecule has 0 saturated heterocycles. The van der Waals surface area contributed by atoms with Gasteiger partial charge in [0.2, 0.25) is 0 Å². The summed E-state index contributed by atoms with van der Waals surface area (Å²) in [5, 5.41) is 0. The van der Waals surface area contributed by atoms with Gasteiger partial charge in [-0.25, -0.2) is 15.0 Å². The highest BCUT2D eigenvalue weighted by Crippen LogP contribution is 2.25. The zero-order chi connectivity index (χ0) is 21.3. The van der Waals surface area contributed by atoms with Gasteiger partial charge >= 0.3 is 0 Å². The number of rotatable bonds is 6. The van der Waals surface area contributed by atoms with Gasteiger partial charge in [-0.05, 0) is 50.2 Å². The molecular weight excluding hydrogens is 380 g/mol. The molecule has 0 aliphatic carbocycles. The number of hydrogen-bond donors (Lipinski definition) is 2. The minimum atomic E-state index is -0.106. The summed E-state index contributed by atoms with van der Waals surface area (Å²) in [6.45, 7) is 4.57. The number of benzene rings is 1. The Balaban J connectivity index is 1.64. The molecule has 0 aliphatic rings. The predicted molar refractivity (Wildman–Crippen MR) is 117 cm³/mol. The molecule has 4 N–H and O–H groups in total. The van der Waals surface area contributed by atoms with Crippen molar-refractivity contribution in [1.29, 1.82) is 0 Å². The van der Waals surface area contributed by atoms with Crippen LogP contribution < -0.4 is 20.9 Å². The molecule has 0 fully saturated rings. The first-order valence-corrected chi connectivity index (χ1v) is 9.61. The fourth-order valence-corrected chi connectivity index (χ4v) is 3.42. The Hall–Kier alpha value is -3.81. The van der Waals surface area contributed by atoms with E-state index in [0.717, 1.165) is 39.7 Å². The molecule has 3 heterocycles. The third-order valence-corrected chi connectivity index (χ3v) is 4.76.